The van der Waals surface area contributed by atoms with E-state index in [0.29, 0.717) is 10.8 Å². The van der Waals surface area contributed by atoms with Crippen molar-refractivity contribution in [1.82, 2.24) is 0 Å². The van der Waals surface area contributed by atoms with Gasteiger partial charge in [-0.2, -0.15) is 0 Å². The van der Waals surface area contributed by atoms with Gasteiger partial charge in [-0.1, -0.05) is 17.7 Å². The Morgan fingerprint density at radius 1 is 1.36 bits per heavy atom. The first-order chi connectivity index (χ1) is 6.81. The van der Waals surface area contributed by atoms with Crippen molar-refractivity contribution in [2.24, 2.45) is 0 Å². The predicted octanol–water partition coefficient (Wildman–Crippen LogP) is 3.88. The molecule has 0 amide bonds. The summed E-state index contributed by atoms with van der Waals surface area (Å²) >= 11 is 7.51. The second-order valence-electron chi connectivity index (χ2n) is 2.77. The summed E-state index contributed by atoms with van der Waals surface area (Å²) in [6.45, 7) is 0. The van der Waals surface area contributed by atoms with E-state index in [9.17, 15) is 0 Å². The Morgan fingerprint density at radius 3 is 2.86 bits per heavy atom. The first kappa shape index (κ1) is 9.56. The summed E-state index contributed by atoms with van der Waals surface area (Å²) in [5.74, 6) is 0.706. The van der Waals surface area contributed by atoms with Crippen LogP contribution in [0.1, 0.15) is 0 Å². The van der Waals surface area contributed by atoms with E-state index in [-0.39, 0.29) is 0 Å². The van der Waals surface area contributed by atoms with Gasteiger partial charge in [0.05, 0.1) is 12.1 Å². The van der Waals surface area contributed by atoms with Gasteiger partial charge in [0.2, 0.25) is 0 Å². The fourth-order valence-electron chi connectivity index (χ4n) is 1.21. The summed E-state index contributed by atoms with van der Waals surface area (Å²) in [6.07, 6.45) is 0. The van der Waals surface area contributed by atoms with E-state index in [0.717, 1.165) is 5.56 Å². The smallest absolute Gasteiger partial charge is 0.138 e. The van der Waals surface area contributed by atoms with Gasteiger partial charge in [0.25, 0.3) is 0 Å². The van der Waals surface area contributed by atoms with Gasteiger partial charge in [0, 0.05) is 10.3 Å². The average molecular weight is 224 g/mol. The van der Waals surface area contributed by atoms with E-state index in [1.165, 1.54) is 4.88 Å². The van der Waals surface area contributed by atoms with Crippen LogP contribution in [0.4, 0.5) is 0 Å². The van der Waals surface area contributed by atoms with E-state index >= 15 is 0 Å². The molecule has 0 aliphatic heterocycles. The summed E-state index contributed by atoms with van der Waals surface area (Å²) in [4.78, 5) is 1.17. The van der Waals surface area contributed by atoms with E-state index < -0.39 is 0 Å². The number of hydrogen-bond acceptors (Lipinski definition) is 2. The molecule has 2 aromatic rings. The lowest BCUT2D eigenvalue weighted by Gasteiger charge is -2.04. The Kier molecular flexibility index (Phi) is 2.75. The lowest BCUT2D eigenvalue weighted by Crippen LogP contribution is -1.84. The van der Waals surface area contributed by atoms with Crippen LogP contribution < -0.4 is 4.74 Å². The molecule has 71 valence electrons. The number of benzene rings is 1. The van der Waals surface area contributed by atoms with Gasteiger partial charge in [0.15, 0.2) is 0 Å². The van der Waals surface area contributed by atoms with Gasteiger partial charge in [-0.05, 0) is 29.8 Å². The third-order valence-electron chi connectivity index (χ3n) is 1.91. The molecule has 0 N–H and O–H groups in total. The molecule has 0 unspecified atom stereocenters. The Bertz CT molecular complexity index is 423. The Hall–Kier alpha value is -0.990. The van der Waals surface area contributed by atoms with Crippen LogP contribution >= 0.6 is 22.9 Å². The summed E-state index contributed by atoms with van der Waals surface area (Å²) in [7, 11) is 1.62. The zero-order valence-corrected chi connectivity index (χ0v) is 9.15. The molecule has 2 rings (SSSR count). The highest BCUT2D eigenvalue weighted by Crippen LogP contribution is 2.32. The fourth-order valence-corrected chi connectivity index (χ4v) is 2.05. The first-order valence-corrected chi connectivity index (χ1v) is 5.30. The van der Waals surface area contributed by atoms with Gasteiger partial charge in [-0.25, -0.2) is 0 Å². The number of hydrogen-bond donors (Lipinski definition) is 0. The number of thiophene rings is 1. The monoisotopic (exact) mass is 223 g/mol. The predicted molar refractivity (Wildman–Crippen MR) is 60.2 cm³/mol. The minimum atomic E-state index is 0.636. The highest BCUT2D eigenvalue weighted by atomic mass is 35.5. The maximum Gasteiger partial charge on any atom is 0.138 e. The molecule has 0 saturated heterocycles. The van der Waals surface area contributed by atoms with Gasteiger partial charge in [-0.15, -0.1) is 11.3 Å². The fraction of sp³-hybridized carbons (Fsp3) is 0.0909. The van der Waals surface area contributed by atoms with Crippen molar-refractivity contribution in [2.75, 3.05) is 7.11 Å². The van der Waals surface area contributed by atoms with Crippen molar-refractivity contribution in [3.8, 4) is 16.2 Å². The molecule has 0 atom stereocenters. The highest BCUT2D eigenvalue weighted by Gasteiger charge is 2.04. The molecule has 0 aliphatic rings. The van der Waals surface area contributed by atoms with E-state index in [4.69, 9.17) is 16.3 Å². The van der Waals surface area contributed by atoms with Crippen LogP contribution in [0.3, 0.4) is 0 Å². The van der Waals surface area contributed by atoms with Crippen molar-refractivity contribution in [1.29, 1.82) is 0 Å². The van der Waals surface area contributed by atoms with Crippen LogP contribution in [0.5, 0.6) is 5.75 Å². The molecule has 0 aliphatic carbocycles. The second-order valence-corrected chi connectivity index (χ2v) is 4.05. The quantitative estimate of drug-likeness (QED) is 0.751. The highest BCUT2D eigenvalue weighted by molar-refractivity contribution is 7.13. The van der Waals surface area contributed by atoms with Gasteiger partial charge < -0.3 is 4.74 Å². The molecule has 3 heteroatoms. The minimum absolute atomic E-state index is 0.636. The number of halogens is 1. The Balaban J connectivity index is 2.46. The van der Waals surface area contributed by atoms with Crippen LogP contribution in [-0.4, -0.2) is 7.11 Å². The largest absolute Gasteiger partial charge is 0.495 e. The molecule has 0 saturated carbocycles. The molecular weight excluding hydrogens is 216 g/mol. The molecule has 1 radical (unpaired) electrons. The van der Waals surface area contributed by atoms with Crippen LogP contribution in [0, 0.1) is 5.38 Å². The molecule has 1 heterocycles. The van der Waals surface area contributed by atoms with Crippen molar-refractivity contribution in [3.63, 3.8) is 0 Å². The van der Waals surface area contributed by atoms with Crippen LogP contribution in [-0.2, 0) is 0 Å². The number of ether oxygens (including phenoxy) is 1. The maximum absolute atomic E-state index is 5.93. The van der Waals surface area contributed by atoms with Crippen molar-refractivity contribution in [3.05, 3.63) is 40.7 Å². The zero-order chi connectivity index (χ0) is 9.97. The Labute approximate surface area is 91.9 Å². The zero-order valence-electron chi connectivity index (χ0n) is 7.58. The van der Waals surface area contributed by atoms with Gasteiger partial charge >= 0.3 is 0 Å². The topological polar surface area (TPSA) is 9.23 Å². The third-order valence-corrected chi connectivity index (χ3v) is 3.07. The molecule has 0 bridgehead atoms. The van der Waals surface area contributed by atoms with Crippen LogP contribution in [0.2, 0.25) is 5.02 Å². The van der Waals surface area contributed by atoms with E-state index in [1.807, 2.05) is 30.3 Å². The summed E-state index contributed by atoms with van der Waals surface area (Å²) < 4.78 is 5.15. The van der Waals surface area contributed by atoms with E-state index in [2.05, 4.69) is 5.38 Å². The number of methoxy groups -OCH3 is 1. The Morgan fingerprint density at radius 2 is 2.21 bits per heavy atom. The van der Waals surface area contributed by atoms with Gasteiger partial charge in [0.1, 0.15) is 5.75 Å². The first-order valence-electron chi connectivity index (χ1n) is 4.11. The molecular formula is C11H8ClOS. The van der Waals surface area contributed by atoms with Crippen molar-refractivity contribution < 1.29 is 4.74 Å². The lowest BCUT2D eigenvalue weighted by molar-refractivity contribution is 0.415. The molecule has 1 nitrogen and oxygen atoms in total. The van der Waals surface area contributed by atoms with Crippen LogP contribution in [0.25, 0.3) is 10.4 Å². The molecule has 14 heavy (non-hydrogen) atoms. The summed E-state index contributed by atoms with van der Waals surface area (Å²) in [6, 6.07) is 9.68. The number of rotatable bonds is 2. The molecule has 1 aromatic heterocycles. The molecule has 0 spiro atoms. The maximum atomic E-state index is 5.93. The van der Waals surface area contributed by atoms with Crippen LogP contribution in [0.15, 0.2) is 30.3 Å². The minimum Gasteiger partial charge on any atom is -0.495 e. The second kappa shape index (κ2) is 4.03. The van der Waals surface area contributed by atoms with E-state index in [1.54, 1.807) is 18.4 Å². The summed E-state index contributed by atoms with van der Waals surface area (Å²) in [5.41, 5.74) is 1.11. The van der Waals surface area contributed by atoms with Crippen molar-refractivity contribution >= 4 is 22.9 Å². The normalized spacial score (nSPS) is 10.1. The standard InChI is InChI=1S/C11H8ClOS/c1-13-10-7-8(4-5-9(10)12)11-3-2-6-14-11/h2-5,7H,1H3. The average Bonchev–Trinajstić information content (AvgIpc) is 2.71. The molecule has 1 aromatic carbocycles. The lowest BCUT2D eigenvalue weighted by atomic mass is 10.2. The molecule has 0 fully saturated rings. The van der Waals surface area contributed by atoms with Gasteiger partial charge in [-0.3, -0.25) is 0 Å². The summed E-state index contributed by atoms with van der Waals surface area (Å²) in [5, 5.41) is 3.68. The third kappa shape index (κ3) is 1.76. The van der Waals surface area contributed by atoms with Crippen molar-refractivity contribution in [2.45, 2.75) is 0 Å². The SMILES string of the molecule is COc1cc(-c2cc[c]s2)ccc1Cl.